The average Bonchev–Trinajstić information content (AvgIpc) is 2.80. The monoisotopic (exact) mass is 404 g/mol. The maximum atomic E-state index is 12.6. The van der Waals surface area contributed by atoms with E-state index in [1.165, 1.54) is 0 Å². The number of carbonyl (C=O) groups excluding carboxylic acids is 2. The maximum Gasteiger partial charge on any atom is 0.318 e. The van der Waals surface area contributed by atoms with E-state index in [2.05, 4.69) is 20.6 Å². The van der Waals surface area contributed by atoms with Gasteiger partial charge in [0.15, 0.2) is 0 Å². The first-order valence-corrected chi connectivity index (χ1v) is 9.98. The van der Waals surface area contributed by atoms with Gasteiger partial charge in [0.05, 0.1) is 0 Å². The Morgan fingerprint density at radius 3 is 2.40 bits per heavy atom. The molecule has 2 aromatic carbocycles. The number of nitrogens with zero attached hydrogens (tertiary/aromatic N) is 4. The number of nitrogens with one attached hydrogen (secondary N) is 2. The van der Waals surface area contributed by atoms with Crippen molar-refractivity contribution in [2.75, 3.05) is 36.4 Å². The Morgan fingerprint density at radius 1 is 0.933 bits per heavy atom. The summed E-state index contributed by atoms with van der Waals surface area (Å²) in [7, 11) is 0. The molecular formula is C22H24N6O2. The maximum absolute atomic E-state index is 12.6. The zero-order chi connectivity index (χ0) is 20.9. The van der Waals surface area contributed by atoms with Crippen molar-refractivity contribution in [2.45, 2.75) is 13.0 Å². The van der Waals surface area contributed by atoms with E-state index in [4.69, 9.17) is 0 Å². The normalized spacial score (nSPS) is 15.0. The first-order valence-electron chi connectivity index (χ1n) is 9.98. The van der Waals surface area contributed by atoms with Gasteiger partial charge in [0.1, 0.15) is 6.04 Å². The lowest BCUT2D eigenvalue weighted by Crippen LogP contribution is -2.55. The van der Waals surface area contributed by atoms with Crippen LogP contribution in [0.4, 0.5) is 16.4 Å². The zero-order valence-corrected chi connectivity index (χ0v) is 16.8. The predicted molar refractivity (Wildman–Crippen MR) is 116 cm³/mol. The van der Waals surface area contributed by atoms with Crippen LogP contribution in [0, 0.1) is 0 Å². The summed E-state index contributed by atoms with van der Waals surface area (Å²) in [5.74, 6) is 0.413. The standard InChI is InChI=1S/C22H24N6O2/c1-16(20(29)26-19-9-4-7-17-6-2-3-8-18(17)19)25-22(30)28-14-12-27(13-15-28)21-23-10-5-11-24-21/h2-11,16H,12-15H2,1H3,(H,25,30)(H,26,29). The second-order valence-corrected chi connectivity index (χ2v) is 7.21. The summed E-state index contributed by atoms with van der Waals surface area (Å²) >= 11 is 0. The van der Waals surface area contributed by atoms with E-state index in [1.54, 1.807) is 30.3 Å². The summed E-state index contributed by atoms with van der Waals surface area (Å²) in [6, 6.07) is 14.5. The fourth-order valence-electron chi connectivity index (χ4n) is 3.48. The van der Waals surface area contributed by atoms with Gasteiger partial charge < -0.3 is 20.4 Å². The van der Waals surface area contributed by atoms with Gasteiger partial charge in [-0.1, -0.05) is 36.4 Å². The summed E-state index contributed by atoms with van der Waals surface area (Å²) in [5.41, 5.74) is 0.732. The number of fused-ring (bicyclic) bond motifs is 1. The summed E-state index contributed by atoms with van der Waals surface area (Å²) in [5, 5.41) is 7.73. The summed E-state index contributed by atoms with van der Waals surface area (Å²) in [4.78, 5) is 37.5. The molecule has 30 heavy (non-hydrogen) atoms. The Labute approximate surface area is 174 Å². The van der Waals surface area contributed by atoms with Gasteiger partial charge in [0.25, 0.3) is 0 Å². The highest BCUT2D eigenvalue weighted by molar-refractivity contribution is 6.04. The third-order valence-corrected chi connectivity index (χ3v) is 5.18. The highest BCUT2D eigenvalue weighted by atomic mass is 16.2. The van der Waals surface area contributed by atoms with Crippen LogP contribution in [0.2, 0.25) is 0 Å². The molecule has 0 bridgehead atoms. The topological polar surface area (TPSA) is 90.5 Å². The van der Waals surface area contributed by atoms with Gasteiger partial charge in [-0.2, -0.15) is 0 Å². The van der Waals surface area contributed by atoms with E-state index in [9.17, 15) is 9.59 Å². The van der Waals surface area contributed by atoms with E-state index in [1.807, 2.05) is 47.4 Å². The number of benzene rings is 2. The number of urea groups is 1. The van der Waals surface area contributed by atoms with E-state index in [-0.39, 0.29) is 11.9 Å². The van der Waals surface area contributed by atoms with E-state index in [0.717, 1.165) is 16.5 Å². The number of amides is 3. The number of hydrogen-bond donors (Lipinski definition) is 2. The van der Waals surface area contributed by atoms with Gasteiger partial charge in [-0.05, 0) is 24.4 Å². The van der Waals surface area contributed by atoms with Crippen molar-refractivity contribution >= 4 is 34.3 Å². The molecule has 1 saturated heterocycles. The van der Waals surface area contributed by atoms with Crippen LogP contribution in [0.1, 0.15) is 6.92 Å². The molecule has 3 amide bonds. The van der Waals surface area contributed by atoms with Crippen LogP contribution >= 0.6 is 0 Å². The number of piperazine rings is 1. The zero-order valence-electron chi connectivity index (χ0n) is 16.8. The third kappa shape index (κ3) is 4.32. The van der Waals surface area contributed by atoms with Gasteiger partial charge in [0.2, 0.25) is 11.9 Å². The molecule has 1 unspecified atom stereocenters. The van der Waals surface area contributed by atoms with Crippen molar-refractivity contribution in [3.05, 3.63) is 60.9 Å². The van der Waals surface area contributed by atoms with Crippen LogP contribution < -0.4 is 15.5 Å². The Bertz CT molecular complexity index is 1030. The first kappa shape index (κ1) is 19.6. The minimum absolute atomic E-state index is 0.246. The van der Waals surface area contributed by atoms with Gasteiger partial charge in [-0.15, -0.1) is 0 Å². The fraction of sp³-hybridized carbons (Fsp3) is 0.273. The minimum Gasteiger partial charge on any atom is -0.337 e. The van der Waals surface area contributed by atoms with Crippen LogP contribution in [0.15, 0.2) is 60.9 Å². The number of anilines is 2. The largest absolute Gasteiger partial charge is 0.337 e. The van der Waals surface area contributed by atoms with Crippen LogP contribution in [-0.2, 0) is 4.79 Å². The lowest BCUT2D eigenvalue weighted by atomic mass is 10.1. The molecule has 154 valence electrons. The average molecular weight is 404 g/mol. The van der Waals surface area contributed by atoms with Crippen LogP contribution in [-0.4, -0.2) is 59.0 Å². The predicted octanol–water partition coefficient (Wildman–Crippen LogP) is 2.49. The van der Waals surface area contributed by atoms with Crippen molar-refractivity contribution in [2.24, 2.45) is 0 Å². The summed E-state index contributed by atoms with van der Waals surface area (Å²) in [6.07, 6.45) is 3.41. The second kappa shape index (κ2) is 8.77. The molecule has 8 nitrogen and oxygen atoms in total. The smallest absolute Gasteiger partial charge is 0.318 e. The van der Waals surface area contributed by atoms with E-state index >= 15 is 0 Å². The molecule has 1 aromatic heterocycles. The highest BCUT2D eigenvalue weighted by Gasteiger charge is 2.25. The van der Waals surface area contributed by atoms with E-state index < -0.39 is 6.04 Å². The van der Waals surface area contributed by atoms with Crippen LogP contribution in [0.3, 0.4) is 0 Å². The molecule has 4 rings (SSSR count). The molecule has 3 aromatic rings. The molecule has 2 N–H and O–H groups in total. The number of carbonyl (C=O) groups is 2. The van der Waals surface area contributed by atoms with Crippen molar-refractivity contribution in [1.82, 2.24) is 20.2 Å². The molecular weight excluding hydrogens is 380 g/mol. The van der Waals surface area contributed by atoms with Gasteiger partial charge in [-0.3, -0.25) is 4.79 Å². The van der Waals surface area contributed by atoms with Crippen molar-refractivity contribution in [3.8, 4) is 0 Å². The lowest BCUT2D eigenvalue weighted by molar-refractivity contribution is -0.117. The Kier molecular flexibility index (Phi) is 5.74. The number of hydrogen-bond acceptors (Lipinski definition) is 5. The quantitative estimate of drug-likeness (QED) is 0.697. The van der Waals surface area contributed by atoms with Gasteiger partial charge >= 0.3 is 6.03 Å². The van der Waals surface area contributed by atoms with Gasteiger partial charge in [0, 0.05) is 49.6 Å². The molecule has 0 aliphatic carbocycles. The lowest BCUT2D eigenvalue weighted by Gasteiger charge is -2.35. The Balaban J connectivity index is 1.32. The number of rotatable bonds is 4. The fourth-order valence-corrected chi connectivity index (χ4v) is 3.48. The Morgan fingerprint density at radius 2 is 1.63 bits per heavy atom. The van der Waals surface area contributed by atoms with Crippen molar-refractivity contribution in [1.29, 1.82) is 0 Å². The molecule has 8 heteroatoms. The molecule has 1 aliphatic heterocycles. The molecule has 1 aliphatic rings. The molecule has 1 fully saturated rings. The third-order valence-electron chi connectivity index (χ3n) is 5.18. The second-order valence-electron chi connectivity index (χ2n) is 7.21. The molecule has 0 saturated carbocycles. The van der Waals surface area contributed by atoms with E-state index in [0.29, 0.717) is 32.1 Å². The van der Waals surface area contributed by atoms with Crippen LogP contribution in [0.25, 0.3) is 10.8 Å². The first-order chi connectivity index (χ1) is 14.6. The molecule has 1 atom stereocenters. The van der Waals surface area contributed by atoms with Crippen LogP contribution in [0.5, 0.6) is 0 Å². The summed E-state index contributed by atoms with van der Waals surface area (Å²) in [6.45, 7) is 4.07. The van der Waals surface area contributed by atoms with Crippen molar-refractivity contribution < 1.29 is 9.59 Å². The molecule has 2 heterocycles. The SMILES string of the molecule is CC(NC(=O)N1CCN(c2ncccn2)CC1)C(=O)Nc1cccc2ccccc12. The number of aromatic nitrogens is 2. The Hall–Kier alpha value is -3.68. The molecule has 0 spiro atoms. The summed E-state index contributed by atoms with van der Waals surface area (Å²) < 4.78 is 0. The van der Waals surface area contributed by atoms with Crippen molar-refractivity contribution in [3.63, 3.8) is 0 Å². The minimum atomic E-state index is -0.660. The molecule has 0 radical (unpaired) electrons. The van der Waals surface area contributed by atoms with Gasteiger partial charge in [-0.25, -0.2) is 14.8 Å². The highest BCUT2D eigenvalue weighted by Crippen LogP contribution is 2.23.